The van der Waals surface area contributed by atoms with Crippen molar-refractivity contribution in [2.75, 3.05) is 38.2 Å². The van der Waals surface area contributed by atoms with E-state index in [4.69, 9.17) is 35.2 Å². The minimum atomic E-state index is -0.933. The lowest BCUT2D eigenvalue weighted by molar-refractivity contribution is -0.112. The largest absolute Gasteiger partial charge is 0.504 e. The van der Waals surface area contributed by atoms with E-state index in [1.165, 1.54) is 64.9 Å². The zero-order valence-electron chi connectivity index (χ0n) is 49.7. The number of aromatic hydroxyl groups is 4. The Morgan fingerprint density at radius 2 is 0.736 bits per heavy atom. The van der Waals surface area contributed by atoms with Crippen LogP contribution in [0.15, 0.2) is 252 Å². The van der Waals surface area contributed by atoms with Gasteiger partial charge >= 0.3 is 0 Å². The quantitative estimate of drug-likeness (QED) is 0.0387. The van der Waals surface area contributed by atoms with Crippen molar-refractivity contribution in [3.8, 4) is 69.6 Å². The first kappa shape index (κ1) is 61.5. The SMILES string of the molecule is COc1cc(C=CC(=O)C2=C(C=Cc3ccc(O)c(OC)c3)N(c3ccc(Oc4ccc(N5C(N)=C(C#N)C(c6ccccc6)C(C(=O)C=Cc6ccc(O)c(OC)c6)=C5C=Cc5ccc(O)c(OC)c5)cc4)cc3)C(N)=C(C#N)C2c2ccccc2)ccc1O. The number of phenols is 4. The number of nitrogens with zero attached hydrogens (tertiary/aromatic N) is 4. The van der Waals surface area contributed by atoms with Gasteiger partial charge in [-0.2, -0.15) is 10.5 Å². The number of rotatable bonds is 20. The molecule has 8 N–H and O–H groups in total. The molecule has 17 heteroatoms. The minimum absolute atomic E-state index is 0.0537. The van der Waals surface area contributed by atoms with Gasteiger partial charge in [-0.1, -0.05) is 109 Å². The fourth-order valence-electron chi connectivity index (χ4n) is 10.8. The summed E-state index contributed by atoms with van der Waals surface area (Å²) in [6.07, 6.45) is 12.9. The van der Waals surface area contributed by atoms with Crippen LogP contribution in [0.5, 0.6) is 57.5 Å². The Balaban J connectivity index is 1.05. The van der Waals surface area contributed by atoms with Crippen molar-refractivity contribution < 1.29 is 53.7 Å². The first-order valence-electron chi connectivity index (χ1n) is 28.3. The molecule has 10 rings (SSSR count). The van der Waals surface area contributed by atoms with E-state index in [9.17, 15) is 30.9 Å². The van der Waals surface area contributed by atoms with Gasteiger partial charge in [0.15, 0.2) is 57.6 Å². The van der Waals surface area contributed by atoms with E-state index in [1.54, 1.807) is 143 Å². The average Bonchev–Trinajstić information content (AvgIpc) is 0.761. The molecule has 0 amide bonds. The number of allylic oxidation sites excluding steroid dienone is 8. The number of carbonyl (C=O) groups excluding carboxylic acids is 2. The second-order valence-corrected chi connectivity index (χ2v) is 20.7. The Morgan fingerprint density at radius 1 is 0.429 bits per heavy atom. The molecule has 0 aromatic heterocycles. The van der Waals surface area contributed by atoms with Gasteiger partial charge in [0.25, 0.3) is 0 Å². The summed E-state index contributed by atoms with van der Waals surface area (Å²) in [4.78, 5) is 33.4. The number of phenolic OH excluding ortho intramolecular Hbond substituents is 4. The summed E-state index contributed by atoms with van der Waals surface area (Å²) < 4.78 is 28.0. The number of methoxy groups -OCH3 is 4. The highest BCUT2D eigenvalue weighted by Crippen LogP contribution is 2.47. The third-order valence-electron chi connectivity index (χ3n) is 15.2. The Morgan fingerprint density at radius 3 is 1.03 bits per heavy atom. The maximum Gasteiger partial charge on any atom is 0.184 e. The van der Waals surface area contributed by atoms with Crippen molar-refractivity contribution in [1.82, 2.24) is 0 Å². The number of hydrogen-bond acceptors (Lipinski definition) is 17. The maximum absolute atomic E-state index is 15.1. The van der Waals surface area contributed by atoms with E-state index in [-0.39, 0.29) is 79.9 Å². The van der Waals surface area contributed by atoms with Gasteiger partial charge in [-0.3, -0.25) is 19.4 Å². The first-order valence-corrected chi connectivity index (χ1v) is 28.3. The third-order valence-corrected chi connectivity index (χ3v) is 15.2. The Labute approximate surface area is 525 Å². The van der Waals surface area contributed by atoms with Gasteiger partial charge in [-0.25, -0.2) is 0 Å². The normalized spacial score (nSPS) is 15.2. The molecule has 2 aliphatic rings. The number of hydrogen-bond donors (Lipinski definition) is 6. The second kappa shape index (κ2) is 27.4. The second-order valence-electron chi connectivity index (χ2n) is 20.7. The van der Waals surface area contributed by atoms with Crippen molar-refractivity contribution >= 4 is 47.2 Å². The van der Waals surface area contributed by atoms with Gasteiger partial charge in [0.05, 0.1) is 75.0 Å². The van der Waals surface area contributed by atoms with Crippen LogP contribution in [0, 0.1) is 22.7 Å². The van der Waals surface area contributed by atoms with Crippen LogP contribution in [-0.4, -0.2) is 60.4 Å². The van der Waals surface area contributed by atoms with E-state index in [0.29, 0.717) is 67.6 Å². The molecule has 2 aliphatic heterocycles. The standard InChI is InChI=1S/C74H60N6O11/c1-87-65-39-45(17-33-59(65)81)15-31-57-71(63(85)37-21-47-19-35-61(83)67(41-47)89-3)69(49-11-7-5-8-12-49)55(43-75)73(77)79(57)51-23-27-53(28-24-51)91-54-29-25-52(26-30-54)80-58(32-16-46-18-34-60(82)66(40-46)88-2)72(64(86)38-22-48-20-36-62(84)68(42-48)90-4)70(56(44-76)74(80)78)50-13-9-6-10-14-50/h5-42,69-70,81-84H,77-78H2,1-4H3. The summed E-state index contributed by atoms with van der Waals surface area (Å²) in [6.45, 7) is 0. The number of nitrogens with two attached hydrogens (primary N) is 2. The number of ketones is 2. The summed E-state index contributed by atoms with van der Waals surface area (Å²) in [5.74, 6) is -1.34. The zero-order chi connectivity index (χ0) is 64.3. The van der Waals surface area contributed by atoms with E-state index in [2.05, 4.69) is 12.1 Å². The highest BCUT2D eigenvalue weighted by atomic mass is 16.5. The summed E-state index contributed by atoms with van der Waals surface area (Å²) >= 11 is 0. The lowest BCUT2D eigenvalue weighted by Crippen LogP contribution is -2.36. The molecular weight excluding hydrogens is 1150 g/mol. The van der Waals surface area contributed by atoms with Crippen molar-refractivity contribution in [3.05, 3.63) is 285 Å². The predicted molar refractivity (Wildman–Crippen MR) is 349 cm³/mol. The highest BCUT2D eigenvalue weighted by molar-refractivity contribution is 6.11. The molecule has 2 atom stereocenters. The van der Waals surface area contributed by atoms with Crippen molar-refractivity contribution in [1.29, 1.82) is 10.5 Å². The monoisotopic (exact) mass is 1210 g/mol. The van der Waals surface area contributed by atoms with Crippen LogP contribution in [0.2, 0.25) is 0 Å². The molecule has 0 bridgehead atoms. The van der Waals surface area contributed by atoms with Crippen LogP contribution in [0.4, 0.5) is 11.4 Å². The lowest BCUT2D eigenvalue weighted by atomic mass is 9.79. The molecule has 17 nitrogen and oxygen atoms in total. The summed E-state index contributed by atoms with van der Waals surface area (Å²) in [5, 5.41) is 63.6. The molecule has 452 valence electrons. The van der Waals surface area contributed by atoms with Crippen molar-refractivity contribution in [2.45, 2.75) is 11.8 Å². The summed E-state index contributed by atoms with van der Waals surface area (Å²) in [5.41, 5.74) is 20.0. The topological polar surface area (TPSA) is 267 Å². The van der Waals surface area contributed by atoms with Crippen LogP contribution in [0.3, 0.4) is 0 Å². The molecule has 0 spiro atoms. The van der Waals surface area contributed by atoms with E-state index in [0.717, 1.165) is 0 Å². The molecular formula is C74H60N6O11. The third kappa shape index (κ3) is 13.1. The van der Waals surface area contributed by atoms with Gasteiger partial charge in [0.1, 0.15) is 23.1 Å². The van der Waals surface area contributed by atoms with Gasteiger partial charge in [-0.15, -0.1) is 0 Å². The van der Waals surface area contributed by atoms with Crippen molar-refractivity contribution in [2.24, 2.45) is 11.5 Å². The number of carbonyl (C=O) groups is 2. The number of benzene rings is 8. The highest BCUT2D eigenvalue weighted by Gasteiger charge is 2.40. The smallest absolute Gasteiger partial charge is 0.184 e. The predicted octanol–water partition coefficient (Wildman–Crippen LogP) is 13.4. The Hall–Kier alpha value is -12.6. The number of anilines is 2. The molecule has 0 radical (unpaired) electrons. The molecule has 0 fully saturated rings. The van der Waals surface area contributed by atoms with E-state index < -0.39 is 23.4 Å². The Kier molecular flexibility index (Phi) is 18.5. The first-order chi connectivity index (χ1) is 44.2. The van der Waals surface area contributed by atoms with Gasteiger partial charge < -0.3 is 55.6 Å². The molecule has 2 unspecified atom stereocenters. The molecule has 91 heavy (non-hydrogen) atoms. The molecule has 0 saturated heterocycles. The molecule has 0 aliphatic carbocycles. The fraction of sp³-hybridized carbons (Fsp3) is 0.0811. The van der Waals surface area contributed by atoms with Crippen LogP contribution in [-0.2, 0) is 9.59 Å². The van der Waals surface area contributed by atoms with Crippen LogP contribution in [0.1, 0.15) is 45.2 Å². The summed E-state index contributed by atoms with van der Waals surface area (Å²) in [7, 11) is 5.72. The van der Waals surface area contributed by atoms with Gasteiger partial charge in [0.2, 0.25) is 0 Å². The minimum Gasteiger partial charge on any atom is -0.504 e. The summed E-state index contributed by atoms with van der Waals surface area (Å²) in [6, 6.07) is 55.5. The molecule has 2 heterocycles. The maximum atomic E-state index is 15.1. The Bertz CT molecular complexity index is 4170. The molecule has 8 aromatic rings. The van der Waals surface area contributed by atoms with Crippen LogP contribution in [0.25, 0.3) is 24.3 Å². The van der Waals surface area contributed by atoms with E-state index >= 15 is 9.59 Å². The molecule has 0 saturated carbocycles. The lowest BCUT2D eigenvalue weighted by Gasteiger charge is -2.36. The fourth-order valence-corrected chi connectivity index (χ4v) is 10.8. The van der Waals surface area contributed by atoms with E-state index in [1.807, 2.05) is 60.7 Å². The van der Waals surface area contributed by atoms with Gasteiger partial charge in [0, 0.05) is 22.5 Å². The number of ether oxygens (including phenoxy) is 5. The number of nitriles is 2. The molecule has 8 aromatic carbocycles. The average molecular weight is 1210 g/mol. The van der Waals surface area contributed by atoms with Crippen LogP contribution >= 0.6 is 0 Å². The van der Waals surface area contributed by atoms with Crippen molar-refractivity contribution in [3.63, 3.8) is 0 Å². The zero-order valence-corrected chi connectivity index (χ0v) is 49.7. The van der Waals surface area contributed by atoms with Crippen LogP contribution < -0.4 is 45.0 Å². The van der Waals surface area contributed by atoms with Gasteiger partial charge in [-0.05, 0) is 155 Å².